The van der Waals surface area contributed by atoms with Crippen molar-refractivity contribution in [2.45, 2.75) is 37.3 Å². The van der Waals surface area contributed by atoms with E-state index in [1.807, 2.05) is 12.1 Å². The zero-order chi connectivity index (χ0) is 16.7. The van der Waals surface area contributed by atoms with E-state index in [0.717, 1.165) is 25.4 Å². The van der Waals surface area contributed by atoms with Gasteiger partial charge in [-0.3, -0.25) is 9.69 Å². The molecule has 4 heterocycles. The van der Waals surface area contributed by atoms with Gasteiger partial charge in [-0.25, -0.2) is 0 Å². The molecule has 2 bridgehead atoms. The minimum Gasteiger partial charge on any atom is -0.497 e. The molecule has 0 unspecified atom stereocenters. The maximum absolute atomic E-state index is 12.6. The summed E-state index contributed by atoms with van der Waals surface area (Å²) in [6.45, 7) is 3.02. The van der Waals surface area contributed by atoms with Crippen molar-refractivity contribution in [1.82, 2.24) is 9.80 Å². The molecule has 3 atom stereocenters. The quantitative estimate of drug-likeness (QED) is 0.908. The third-order valence-electron chi connectivity index (χ3n) is 6.18. The smallest absolute Gasteiger partial charge is 0.225 e. The molecule has 130 valence electrons. The predicted molar refractivity (Wildman–Crippen MR) is 91.0 cm³/mol. The van der Waals surface area contributed by atoms with Gasteiger partial charge in [0.2, 0.25) is 5.91 Å². The van der Waals surface area contributed by atoms with E-state index in [-0.39, 0.29) is 18.9 Å². The van der Waals surface area contributed by atoms with Crippen LogP contribution < -0.4 is 4.74 Å². The van der Waals surface area contributed by atoms with Crippen LogP contribution in [-0.4, -0.2) is 66.2 Å². The van der Waals surface area contributed by atoms with Crippen molar-refractivity contribution in [2.75, 3.05) is 33.4 Å². The lowest BCUT2D eigenvalue weighted by atomic mass is 9.75. The van der Waals surface area contributed by atoms with Gasteiger partial charge in [-0.05, 0) is 49.5 Å². The Labute approximate surface area is 143 Å². The topological polar surface area (TPSA) is 53.0 Å². The number of amides is 1. The van der Waals surface area contributed by atoms with Crippen LogP contribution >= 0.6 is 0 Å². The van der Waals surface area contributed by atoms with Crippen LogP contribution in [0, 0.1) is 5.92 Å². The first-order valence-corrected chi connectivity index (χ1v) is 9.01. The fourth-order valence-corrected chi connectivity index (χ4v) is 5.09. The number of carbonyl (C=O) groups is 1. The van der Waals surface area contributed by atoms with Crippen molar-refractivity contribution in [2.24, 2.45) is 5.92 Å². The molecule has 0 spiro atoms. The molecule has 1 aromatic rings. The molecule has 4 aliphatic heterocycles. The Balaban J connectivity index is 1.65. The lowest BCUT2D eigenvalue weighted by Crippen LogP contribution is -2.60. The van der Waals surface area contributed by atoms with Gasteiger partial charge in [0.1, 0.15) is 5.75 Å². The van der Waals surface area contributed by atoms with Crippen molar-refractivity contribution in [3.63, 3.8) is 0 Å². The third-order valence-corrected chi connectivity index (χ3v) is 6.18. The first-order valence-electron chi connectivity index (χ1n) is 9.01. The maximum atomic E-state index is 12.6. The van der Waals surface area contributed by atoms with Crippen LogP contribution in [0.25, 0.3) is 0 Å². The van der Waals surface area contributed by atoms with Gasteiger partial charge >= 0.3 is 0 Å². The highest BCUT2D eigenvalue weighted by atomic mass is 16.5. The summed E-state index contributed by atoms with van der Waals surface area (Å²) in [4.78, 5) is 17.2. The average Bonchev–Trinajstić information content (AvgIpc) is 3.06. The molecular weight excluding hydrogens is 304 g/mol. The Hall–Kier alpha value is -1.59. The zero-order valence-electron chi connectivity index (χ0n) is 14.2. The van der Waals surface area contributed by atoms with Gasteiger partial charge in [0.15, 0.2) is 0 Å². The number of carbonyl (C=O) groups excluding carboxylic acids is 1. The number of ether oxygens (including phenoxy) is 1. The lowest BCUT2D eigenvalue weighted by Gasteiger charge is -2.51. The van der Waals surface area contributed by atoms with Crippen molar-refractivity contribution in [3.8, 4) is 5.75 Å². The highest BCUT2D eigenvalue weighted by Crippen LogP contribution is 2.46. The molecule has 4 aliphatic rings. The number of hydrogen-bond acceptors (Lipinski definition) is 4. The van der Waals surface area contributed by atoms with E-state index in [0.29, 0.717) is 23.9 Å². The summed E-state index contributed by atoms with van der Waals surface area (Å²) in [5.74, 6) is 1.95. The zero-order valence-corrected chi connectivity index (χ0v) is 14.2. The number of fused-ring (bicyclic) bond motifs is 2. The molecule has 0 saturated carbocycles. The van der Waals surface area contributed by atoms with E-state index < -0.39 is 0 Å². The molecule has 24 heavy (non-hydrogen) atoms. The Kier molecular flexibility index (Phi) is 4.22. The Morgan fingerprint density at radius 1 is 1.21 bits per heavy atom. The van der Waals surface area contributed by atoms with Gasteiger partial charge in [-0.1, -0.05) is 12.1 Å². The minimum absolute atomic E-state index is 0.0612. The predicted octanol–water partition coefficient (Wildman–Crippen LogP) is 1.47. The van der Waals surface area contributed by atoms with E-state index in [1.54, 1.807) is 7.11 Å². The number of piperidine rings is 3. The largest absolute Gasteiger partial charge is 0.497 e. The van der Waals surface area contributed by atoms with Gasteiger partial charge in [0.25, 0.3) is 0 Å². The standard InChI is InChI=1S/C19H26N2O3/c1-24-15-4-2-13(3-5-15)16-12-21(17(23)8-11-22)18-14-6-9-20(10-7-14)19(16)18/h2-5,14,16,18-19,22H,6-12H2,1H3/t16-,18+,19+/m0/s1. The third kappa shape index (κ3) is 2.50. The molecule has 5 nitrogen and oxygen atoms in total. The number of nitrogens with zero attached hydrogens (tertiary/aromatic N) is 2. The van der Waals surface area contributed by atoms with E-state index in [9.17, 15) is 9.90 Å². The summed E-state index contributed by atoms with van der Waals surface area (Å²) < 4.78 is 5.28. The summed E-state index contributed by atoms with van der Waals surface area (Å²) in [6.07, 6.45) is 2.63. The van der Waals surface area contributed by atoms with Crippen LogP contribution in [-0.2, 0) is 4.79 Å². The minimum atomic E-state index is -0.0612. The monoisotopic (exact) mass is 330 g/mol. The molecule has 1 aromatic carbocycles. The summed E-state index contributed by atoms with van der Waals surface area (Å²) >= 11 is 0. The van der Waals surface area contributed by atoms with Crippen LogP contribution in [0.2, 0.25) is 0 Å². The van der Waals surface area contributed by atoms with Crippen LogP contribution in [0.3, 0.4) is 0 Å². The molecular formula is C19H26N2O3. The second kappa shape index (κ2) is 6.37. The molecule has 1 amide bonds. The normalized spacial score (nSPS) is 34.2. The highest BCUT2D eigenvalue weighted by Gasteiger charge is 2.54. The van der Waals surface area contributed by atoms with Crippen LogP contribution in [0.4, 0.5) is 0 Å². The summed E-state index contributed by atoms with van der Waals surface area (Å²) in [6, 6.07) is 9.05. The molecule has 5 heteroatoms. The second-order valence-electron chi connectivity index (χ2n) is 7.25. The van der Waals surface area contributed by atoms with Gasteiger partial charge < -0.3 is 14.7 Å². The number of rotatable bonds is 4. The van der Waals surface area contributed by atoms with E-state index in [2.05, 4.69) is 21.9 Å². The van der Waals surface area contributed by atoms with Gasteiger partial charge in [-0.15, -0.1) is 0 Å². The molecule has 0 aromatic heterocycles. The fourth-order valence-electron chi connectivity index (χ4n) is 5.09. The van der Waals surface area contributed by atoms with Gasteiger partial charge in [0.05, 0.1) is 19.8 Å². The fraction of sp³-hybridized carbons (Fsp3) is 0.632. The molecule has 4 saturated heterocycles. The number of methoxy groups -OCH3 is 1. The number of benzene rings is 1. The Morgan fingerprint density at radius 3 is 2.54 bits per heavy atom. The van der Waals surface area contributed by atoms with Crippen molar-refractivity contribution in [1.29, 1.82) is 0 Å². The summed E-state index contributed by atoms with van der Waals surface area (Å²) in [5.41, 5.74) is 1.29. The Bertz CT molecular complexity index is 595. The van der Waals surface area contributed by atoms with E-state index in [1.165, 1.54) is 18.4 Å². The van der Waals surface area contributed by atoms with Gasteiger partial charge in [0, 0.05) is 24.9 Å². The maximum Gasteiger partial charge on any atom is 0.225 e. The summed E-state index contributed by atoms with van der Waals surface area (Å²) in [5, 5.41) is 9.19. The first kappa shape index (κ1) is 15.9. The number of hydrogen-bond donors (Lipinski definition) is 1. The molecule has 1 N–H and O–H groups in total. The van der Waals surface area contributed by atoms with Crippen molar-refractivity contribution in [3.05, 3.63) is 29.8 Å². The summed E-state index contributed by atoms with van der Waals surface area (Å²) in [7, 11) is 1.68. The molecule has 0 aliphatic carbocycles. The SMILES string of the molecule is COc1ccc([C@@H]2CN(C(=O)CCO)[C@@H]3C4CCN(CC4)[C@@H]32)cc1. The van der Waals surface area contributed by atoms with Crippen molar-refractivity contribution < 1.29 is 14.6 Å². The second-order valence-corrected chi connectivity index (χ2v) is 7.25. The van der Waals surface area contributed by atoms with Crippen LogP contribution in [0.5, 0.6) is 5.75 Å². The molecule has 4 fully saturated rings. The average molecular weight is 330 g/mol. The van der Waals surface area contributed by atoms with Gasteiger partial charge in [-0.2, -0.15) is 0 Å². The lowest BCUT2D eigenvalue weighted by molar-refractivity contribution is -0.136. The van der Waals surface area contributed by atoms with E-state index in [4.69, 9.17) is 4.74 Å². The van der Waals surface area contributed by atoms with Crippen LogP contribution in [0.1, 0.15) is 30.7 Å². The van der Waals surface area contributed by atoms with Crippen LogP contribution in [0.15, 0.2) is 24.3 Å². The highest BCUT2D eigenvalue weighted by molar-refractivity contribution is 5.77. The van der Waals surface area contributed by atoms with E-state index >= 15 is 0 Å². The number of likely N-dealkylation sites (tertiary alicyclic amines) is 1. The first-order chi connectivity index (χ1) is 11.7. The van der Waals surface area contributed by atoms with Crippen molar-refractivity contribution >= 4 is 5.91 Å². The Morgan fingerprint density at radius 2 is 1.92 bits per heavy atom. The molecule has 5 rings (SSSR count). The molecule has 0 radical (unpaired) electrons. The number of aliphatic hydroxyl groups is 1. The number of aliphatic hydroxyl groups excluding tert-OH is 1.